The van der Waals surface area contributed by atoms with E-state index in [1.54, 1.807) is 6.07 Å². The predicted molar refractivity (Wildman–Crippen MR) is 76.3 cm³/mol. The molecule has 0 amide bonds. The van der Waals surface area contributed by atoms with Gasteiger partial charge in [-0.2, -0.15) is 0 Å². The summed E-state index contributed by atoms with van der Waals surface area (Å²) in [6.45, 7) is 3.05. The smallest absolute Gasteiger partial charge is 0.250 e. The number of nitrogens with two attached hydrogens (primary N) is 1. The van der Waals surface area contributed by atoms with Gasteiger partial charge >= 0.3 is 0 Å². The van der Waals surface area contributed by atoms with E-state index >= 15 is 0 Å². The van der Waals surface area contributed by atoms with Crippen molar-refractivity contribution < 1.29 is 16.8 Å². The molecule has 0 aliphatic heterocycles. The predicted octanol–water partition coefficient (Wildman–Crippen LogP) is 0.308. The highest BCUT2D eigenvalue weighted by Crippen LogP contribution is 2.22. The van der Waals surface area contributed by atoms with Crippen LogP contribution in [0.3, 0.4) is 0 Å². The summed E-state index contributed by atoms with van der Waals surface area (Å²) < 4.78 is 48.3. The average molecular weight is 326 g/mol. The first-order valence-electron chi connectivity index (χ1n) is 5.48. The van der Waals surface area contributed by atoms with Gasteiger partial charge in [0, 0.05) is 24.2 Å². The van der Waals surface area contributed by atoms with Gasteiger partial charge in [-0.25, -0.2) is 21.6 Å². The minimum atomic E-state index is -3.69. The Morgan fingerprint density at radius 2 is 1.84 bits per heavy atom. The van der Waals surface area contributed by atoms with E-state index in [2.05, 4.69) is 4.72 Å². The second kappa shape index (κ2) is 5.49. The van der Waals surface area contributed by atoms with Crippen LogP contribution in [-0.2, 0) is 26.4 Å². The van der Waals surface area contributed by atoms with Gasteiger partial charge < -0.3 is 5.73 Å². The van der Waals surface area contributed by atoms with E-state index in [-0.39, 0.29) is 17.3 Å². The van der Waals surface area contributed by atoms with Crippen molar-refractivity contribution in [2.75, 3.05) is 12.8 Å². The summed E-state index contributed by atoms with van der Waals surface area (Å²) in [6, 6.07) is 3.10. The van der Waals surface area contributed by atoms with Gasteiger partial charge in [-0.15, -0.1) is 11.3 Å². The molecule has 1 rings (SSSR count). The van der Waals surface area contributed by atoms with E-state index in [0.717, 1.165) is 22.5 Å². The SMILES string of the molecule is CC(C)(CNS(=O)(=O)c1ccc(CN)s1)S(C)(=O)=O. The Morgan fingerprint density at radius 3 is 2.26 bits per heavy atom. The van der Waals surface area contributed by atoms with Crippen LogP contribution in [0.5, 0.6) is 0 Å². The van der Waals surface area contributed by atoms with Gasteiger partial charge in [0.25, 0.3) is 0 Å². The Balaban J connectivity index is 2.88. The monoisotopic (exact) mass is 326 g/mol. The second-order valence-electron chi connectivity index (χ2n) is 4.78. The van der Waals surface area contributed by atoms with E-state index in [1.807, 2.05) is 0 Å². The first-order valence-corrected chi connectivity index (χ1v) is 9.67. The molecule has 0 spiro atoms. The van der Waals surface area contributed by atoms with Crippen molar-refractivity contribution in [3.05, 3.63) is 17.0 Å². The number of nitrogens with one attached hydrogen (secondary N) is 1. The van der Waals surface area contributed by atoms with Gasteiger partial charge in [-0.1, -0.05) is 0 Å². The van der Waals surface area contributed by atoms with Crippen LogP contribution in [0.25, 0.3) is 0 Å². The molecule has 6 nitrogen and oxygen atoms in total. The molecule has 1 heterocycles. The number of sulfone groups is 1. The van der Waals surface area contributed by atoms with E-state index in [4.69, 9.17) is 5.73 Å². The van der Waals surface area contributed by atoms with Gasteiger partial charge in [0.1, 0.15) is 4.21 Å². The van der Waals surface area contributed by atoms with Gasteiger partial charge in [-0.3, -0.25) is 0 Å². The van der Waals surface area contributed by atoms with Crippen LogP contribution in [0.4, 0.5) is 0 Å². The van der Waals surface area contributed by atoms with Crippen molar-refractivity contribution in [2.45, 2.75) is 29.3 Å². The highest BCUT2D eigenvalue weighted by molar-refractivity contribution is 7.92. The molecule has 9 heteroatoms. The number of thiophene rings is 1. The summed E-state index contributed by atoms with van der Waals surface area (Å²) in [4.78, 5) is 0.753. The topological polar surface area (TPSA) is 106 Å². The van der Waals surface area contributed by atoms with Crippen molar-refractivity contribution in [3.63, 3.8) is 0 Å². The normalized spacial score (nSPS) is 13.7. The van der Waals surface area contributed by atoms with Crippen molar-refractivity contribution in [3.8, 4) is 0 Å². The van der Waals surface area contributed by atoms with Crippen molar-refractivity contribution >= 4 is 31.2 Å². The maximum absolute atomic E-state index is 12.0. The molecule has 0 aromatic carbocycles. The largest absolute Gasteiger partial charge is 0.326 e. The quantitative estimate of drug-likeness (QED) is 0.782. The van der Waals surface area contributed by atoms with Crippen LogP contribution >= 0.6 is 11.3 Å². The third kappa shape index (κ3) is 3.99. The molecular weight excluding hydrogens is 308 g/mol. The van der Waals surface area contributed by atoms with Crippen LogP contribution in [0.15, 0.2) is 16.3 Å². The van der Waals surface area contributed by atoms with Gasteiger partial charge in [0.2, 0.25) is 10.0 Å². The van der Waals surface area contributed by atoms with Crippen molar-refractivity contribution in [2.24, 2.45) is 5.73 Å². The maximum Gasteiger partial charge on any atom is 0.250 e. The molecule has 0 atom stereocenters. The molecule has 0 unspecified atom stereocenters. The minimum Gasteiger partial charge on any atom is -0.326 e. The third-order valence-corrected chi connectivity index (χ3v) is 7.95. The van der Waals surface area contributed by atoms with Gasteiger partial charge in [-0.05, 0) is 26.0 Å². The molecule has 110 valence electrons. The highest BCUT2D eigenvalue weighted by atomic mass is 32.2. The third-order valence-electron chi connectivity index (χ3n) is 2.79. The molecule has 0 bridgehead atoms. The number of hydrogen-bond acceptors (Lipinski definition) is 6. The number of hydrogen-bond donors (Lipinski definition) is 2. The summed E-state index contributed by atoms with van der Waals surface area (Å²) in [6.07, 6.45) is 1.08. The lowest BCUT2D eigenvalue weighted by molar-refractivity contribution is 0.537. The summed E-state index contributed by atoms with van der Waals surface area (Å²) >= 11 is 1.07. The lowest BCUT2D eigenvalue weighted by atomic mass is 10.2. The maximum atomic E-state index is 12.0. The Morgan fingerprint density at radius 1 is 1.26 bits per heavy atom. The lowest BCUT2D eigenvalue weighted by Gasteiger charge is -2.22. The van der Waals surface area contributed by atoms with Crippen LogP contribution < -0.4 is 10.5 Å². The Labute approximate surface area is 118 Å². The van der Waals surface area contributed by atoms with Crippen molar-refractivity contribution in [1.82, 2.24) is 4.72 Å². The van der Waals surface area contributed by atoms with E-state index in [9.17, 15) is 16.8 Å². The summed E-state index contributed by atoms with van der Waals surface area (Å²) in [5, 5.41) is 0. The van der Waals surface area contributed by atoms with Crippen LogP contribution in [0.2, 0.25) is 0 Å². The molecule has 0 radical (unpaired) electrons. The first kappa shape index (κ1) is 16.6. The second-order valence-corrected chi connectivity index (χ2v) is 10.6. The number of rotatable bonds is 6. The molecule has 3 N–H and O–H groups in total. The molecule has 0 saturated heterocycles. The molecule has 1 aromatic heterocycles. The van der Waals surface area contributed by atoms with E-state index in [1.165, 1.54) is 19.9 Å². The Hall–Kier alpha value is -0.480. The summed E-state index contributed by atoms with van der Waals surface area (Å²) in [5.41, 5.74) is 5.42. The van der Waals surface area contributed by atoms with Crippen molar-refractivity contribution in [1.29, 1.82) is 0 Å². The zero-order valence-electron chi connectivity index (χ0n) is 11.0. The van der Waals surface area contributed by atoms with Crippen LogP contribution in [0, 0.1) is 0 Å². The van der Waals surface area contributed by atoms with Gasteiger partial charge in [0.05, 0.1) is 4.75 Å². The van der Waals surface area contributed by atoms with E-state index < -0.39 is 24.6 Å². The van der Waals surface area contributed by atoms with E-state index in [0.29, 0.717) is 0 Å². The Bertz CT molecular complexity index is 644. The standard InChI is InChI=1S/C10H18N2O4S3/c1-10(2,18(3,13)14)7-12-19(15,16)9-5-4-8(6-11)17-9/h4-5,12H,6-7,11H2,1-3H3. The summed E-state index contributed by atoms with van der Waals surface area (Å²) in [7, 11) is -7.04. The highest BCUT2D eigenvalue weighted by Gasteiger charge is 2.32. The molecule has 0 aliphatic rings. The zero-order chi connectivity index (χ0) is 14.9. The Kier molecular flexibility index (Phi) is 4.79. The molecule has 19 heavy (non-hydrogen) atoms. The van der Waals surface area contributed by atoms with Crippen LogP contribution in [0.1, 0.15) is 18.7 Å². The van der Waals surface area contributed by atoms with Crippen LogP contribution in [-0.4, -0.2) is 34.4 Å². The fourth-order valence-corrected chi connectivity index (χ4v) is 4.00. The molecule has 0 aliphatic carbocycles. The zero-order valence-corrected chi connectivity index (χ0v) is 13.5. The fourth-order valence-electron chi connectivity index (χ4n) is 1.08. The lowest BCUT2D eigenvalue weighted by Crippen LogP contribution is -2.43. The number of sulfonamides is 1. The molecular formula is C10H18N2O4S3. The summed E-state index contributed by atoms with van der Waals surface area (Å²) in [5.74, 6) is 0. The minimum absolute atomic E-state index is 0.136. The van der Waals surface area contributed by atoms with Gasteiger partial charge in [0.15, 0.2) is 9.84 Å². The fraction of sp³-hybridized carbons (Fsp3) is 0.600. The first-order chi connectivity index (χ1) is 8.49. The molecule has 1 aromatic rings. The average Bonchev–Trinajstić information content (AvgIpc) is 2.74. The molecule has 0 fully saturated rings. The molecule has 0 saturated carbocycles.